The largest absolute Gasteiger partial charge is 0.339 e. The summed E-state index contributed by atoms with van der Waals surface area (Å²) in [6, 6.07) is 0.491. The predicted octanol–water partition coefficient (Wildman–Crippen LogP) is 3.59. The molecule has 1 unspecified atom stereocenters. The van der Waals surface area contributed by atoms with Gasteiger partial charge in [0.05, 0.1) is 4.83 Å². The molecule has 3 heteroatoms. The fourth-order valence-corrected chi connectivity index (χ4v) is 2.69. The van der Waals surface area contributed by atoms with Crippen molar-refractivity contribution in [1.29, 1.82) is 0 Å². The Morgan fingerprint density at radius 1 is 1.31 bits per heavy atom. The van der Waals surface area contributed by atoms with Crippen LogP contribution in [0, 0.1) is 5.92 Å². The second kappa shape index (κ2) is 6.63. The SMILES string of the molecule is CCN(C(=O)C(Br)C(C)C)C1CCCCC1. The van der Waals surface area contributed by atoms with Crippen molar-refractivity contribution in [3.8, 4) is 0 Å². The van der Waals surface area contributed by atoms with Gasteiger partial charge >= 0.3 is 0 Å². The zero-order valence-corrected chi connectivity index (χ0v) is 12.3. The number of rotatable bonds is 4. The van der Waals surface area contributed by atoms with E-state index in [1.54, 1.807) is 0 Å². The molecule has 0 aliphatic heterocycles. The van der Waals surface area contributed by atoms with Gasteiger partial charge in [-0.1, -0.05) is 49.0 Å². The highest BCUT2D eigenvalue weighted by Crippen LogP contribution is 2.25. The van der Waals surface area contributed by atoms with Crippen LogP contribution in [0.2, 0.25) is 0 Å². The molecule has 1 atom stereocenters. The Morgan fingerprint density at radius 3 is 2.31 bits per heavy atom. The Kier molecular flexibility index (Phi) is 5.81. The van der Waals surface area contributed by atoms with Gasteiger partial charge in [0.15, 0.2) is 0 Å². The first-order chi connectivity index (χ1) is 7.57. The molecule has 0 N–H and O–H groups in total. The normalized spacial score (nSPS) is 19.8. The van der Waals surface area contributed by atoms with E-state index < -0.39 is 0 Å². The van der Waals surface area contributed by atoms with Crippen LogP contribution in [-0.4, -0.2) is 28.2 Å². The van der Waals surface area contributed by atoms with Crippen LogP contribution in [0.5, 0.6) is 0 Å². The lowest BCUT2D eigenvalue weighted by atomic mass is 9.93. The molecule has 0 spiro atoms. The maximum atomic E-state index is 12.3. The Labute approximate surface area is 108 Å². The summed E-state index contributed by atoms with van der Waals surface area (Å²) in [6.07, 6.45) is 6.28. The van der Waals surface area contributed by atoms with Crippen LogP contribution in [-0.2, 0) is 4.79 Å². The van der Waals surface area contributed by atoms with Crippen LogP contribution in [0.3, 0.4) is 0 Å². The third kappa shape index (κ3) is 3.47. The zero-order chi connectivity index (χ0) is 12.1. The van der Waals surface area contributed by atoms with Crippen molar-refractivity contribution in [2.45, 2.75) is 63.7 Å². The van der Waals surface area contributed by atoms with Crippen molar-refractivity contribution in [1.82, 2.24) is 4.90 Å². The van der Waals surface area contributed by atoms with Crippen LogP contribution >= 0.6 is 15.9 Å². The van der Waals surface area contributed by atoms with Gasteiger partial charge in [-0.2, -0.15) is 0 Å². The molecular formula is C13H24BrNO. The molecule has 0 aromatic heterocycles. The van der Waals surface area contributed by atoms with Crippen LogP contribution in [0.15, 0.2) is 0 Å². The summed E-state index contributed by atoms with van der Waals surface area (Å²) < 4.78 is 0. The molecule has 94 valence electrons. The smallest absolute Gasteiger partial charge is 0.236 e. The second-order valence-corrected chi connectivity index (χ2v) is 6.05. The second-order valence-electron chi connectivity index (χ2n) is 5.06. The van der Waals surface area contributed by atoms with E-state index in [9.17, 15) is 4.79 Å². The topological polar surface area (TPSA) is 20.3 Å². The van der Waals surface area contributed by atoms with Gasteiger partial charge in [-0.15, -0.1) is 0 Å². The minimum Gasteiger partial charge on any atom is -0.339 e. The van der Waals surface area contributed by atoms with E-state index >= 15 is 0 Å². The monoisotopic (exact) mass is 289 g/mol. The Hall–Kier alpha value is -0.0500. The molecule has 2 nitrogen and oxygen atoms in total. The van der Waals surface area contributed by atoms with E-state index in [4.69, 9.17) is 0 Å². The highest BCUT2D eigenvalue weighted by Gasteiger charge is 2.29. The number of hydrogen-bond donors (Lipinski definition) is 0. The van der Waals surface area contributed by atoms with E-state index in [-0.39, 0.29) is 10.7 Å². The Bertz CT molecular complexity index is 224. The summed E-state index contributed by atoms with van der Waals surface area (Å²) in [7, 11) is 0. The molecule has 1 aliphatic rings. The van der Waals surface area contributed by atoms with Crippen molar-refractivity contribution in [2.75, 3.05) is 6.54 Å². The minimum atomic E-state index is -0.0191. The number of carbonyl (C=O) groups is 1. The summed E-state index contributed by atoms with van der Waals surface area (Å²) in [5.41, 5.74) is 0. The van der Waals surface area contributed by atoms with Gasteiger partial charge in [-0.25, -0.2) is 0 Å². The van der Waals surface area contributed by atoms with Crippen LogP contribution in [0.25, 0.3) is 0 Å². The number of halogens is 1. The van der Waals surface area contributed by atoms with Crippen LogP contribution in [0.1, 0.15) is 52.9 Å². The summed E-state index contributed by atoms with van der Waals surface area (Å²) in [5.74, 6) is 0.648. The van der Waals surface area contributed by atoms with E-state index in [1.807, 2.05) is 0 Å². The van der Waals surface area contributed by atoms with Gasteiger partial charge < -0.3 is 4.90 Å². The quantitative estimate of drug-likeness (QED) is 0.725. The number of hydrogen-bond acceptors (Lipinski definition) is 1. The first kappa shape index (κ1) is 14.0. The highest BCUT2D eigenvalue weighted by atomic mass is 79.9. The van der Waals surface area contributed by atoms with Gasteiger partial charge in [0.2, 0.25) is 5.91 Å². The van der Waals surface area contributed by atoms with Crippen molar-refractivity contribution < 1.29 is 4.79 Å². The summed E-state index contributed by atoms with van der Waals surface area (Å²) in [6.45, 7) is 7.11. The standard InChI is InChI=1S/C13H24BrNO/c1-4-15(11-8-6-5-7-9-11)13(16)12(14)10(2)3/h10-12H,4-9H2,1-3H3. The molecule has 1 rings (SSSR count). The average Bonchev–Trinajstić information content (AvgIpc) is 2.30. The van der Waals surface area contributed by atoms with Gasteiger partial charge in [-0.05, 0) is 25.7 Å². The van der Waals surface area contributed by atoms with Crippen molar-refractivity contribution in [3.63, 3.8) is 0 Å². The van der Waals surface area contributed by atoms with Crippen molar-refractivity contribution in [2.24, 2.45) is 5.92 Å². The lowest BCUT2D eigenvalue weighted by Gasteiger charge is -2.35. The lowest BCUT2D eigenvalue weighted by Crippen LogP contribution is -2.45. The van der Waals surface area contributed by atoms with Crippen LogP contribution < -0.4 is 0 Å². The molecule has 16 heavy (non-hydrogen) atoms. The maximum Gasteiger partial charge on any atom is 0.236 e. The number of nitrogens with zero attached hydrogens (tertiary/aromatic N) is 1. The Balaban J connectivity index is 2.61. The first-order valence-electron chi connectivity index (χ1n) is 6.52. The molecular weight excluding hydrogens is 266 g/mol. The number of alkyl halides is 1. The first-order valence-corrected chi connectivity index (χ1v) is 7.44. The molecule has 0 aromatic carbocycles. The van der Waals surface area contributed by atoms with Gasteiger partial charge in [0.25, 0.3) is 0 Å². The van der Waals surface area contributed by atoms with Gasteiger partial charge in [-0.3, -0.25) is 4.79 Å². The molecule has 1 aliphatic carbocycles. The highest BCUT2D eigenvalue weighted by molar-refractivity contribution is 9.10. The fourth-order valence-electron chi connectivity index (χ4n) is 2.43. The minimum absolute atomic E-state index is 0.0191. The number of amides is 1. The average molecular weight is 290 g/mol. The Morgan fingerprint density at radius 2 is 1.88 bits per heavy atom. The molecule has 1 saturated carbocycles. The third-order valence-corrected chi connectivity index (χ3v) is 4.91. The van der Waals surface area contributed by atoms with E-state index in [2.05, 4.69) is 41.6 Å². The zero-order valence-electron chi connectivity index (χ0n) is 10.7. The molecule has 1 fully saturated rings. The lowest BCUT2D eigenvalue weighted by molar-refractivity contribution is -0.133. The molecule has 1 amide bonds. The van der Waals surface area contributed by atoms with E-state index in [0.29, 0.717) is 12.0 Å². The molecule has 0 bridgehead atoms. The molecule has 0 aromatic rings. The number of carbonyl (C=O) groups excluding carboxylic acids is 1. The van der Waals surface area contributed by atoms with Gasteiger partial charge in [0, 0.05) is 12.6 Å². The predicted molar refractivity (Wildman–Crippen MR) is 71.8 cm³/mol. The van der Waals surface area contributed by atoms with Crippen molar-refractivity contribution >= 4 is 21.8 Å². The third-order valence-electron chi connectivity index (χ3n) is 3.46. The van der Waals surface area contributed by atoms with Crippen molar-refractivity contribution in [3.05, 3.63) is 0 Å². The van der Waals surface area contributed by atoms with E-state index in [1.165, 1.54) is 32.1 Å². The summed E-state index contributed by atoms with van der Waals surface area (Å²) in [5, 5.41) is 0. The molecule has 0 saturated heterocycles. The summed E-state index contributed by atoms with van der Waals surface area (Å²) in [4.78, 5) is 14.4. The van der Waals surface area contributed by atoms with Crippen LogP contribution in [0.4, 0.5) is 0 Å². The van der Waals surface area contributed by atoms with Gasteiger partial charge in [0.1, 0.15) is 0 Å². The molecule has 0 heterocycles. The molecule has 0 radical (unpaired) electrons. The van der Waals surface area contributed by atoms with E-state index in [0.717, 1.165) is 6.54 Å². The summed E-state index contributed by atoms with van der Waals surface area (Å²) >= 11 is 3.52. The fraction of sp³-hybridized carbons (Fsp3) is 0.923. The maximum absolute atomic E-state index is 12.3.